The van der Waals surface area contributed by atoms with Crippen molar-refractivity contribution in [2.45, 2.75) is 18.8 Å². The molecule has 2 aromatic rings. The van der Waals surface area contributed by atoms with Crippen LogP contribution < -0.4 is 5.32 Å². The minimum absolute atomic E-state index is 0.411. The normalized spacial score (nSPS) is 14.3. The van der Waals surface area contributed by atoms with Gasteiger partial charge in [-0.15, -0.1) is 11.3 Å². The first-order valence-corrected chi connectivity index (χ1v) is 6.32. The zero-order valence-corrected chi connectivity index (χ0v) is 9.87. The van der Waals surface area contributed by atoms with Gasteiger partial charge in [0.15, 0.2) is 5.13 Å². The Morgan fingerprint density at radius 2 is 2.35 bits per heavy atom. The van der Waals surface area contributed by atoms with Crippen LogP contribution >= 0.6 is 11.3 Å². The van der Waals surface area contributed by atoms with Gasteiger partial charge in [-0.05, 0) is 25.0 Å². The molecule has 0 saturated heterocycles. The lowest BCUT2D eigenvalue weighted by atomic mass is 10.3. The van der Waals surface area contributed by atoms with Crippen LogP contribution in [0.4, 0.5) is 10.8 Å². The van der Waals surface area contributed by atoms with E-state index >= 15 is 0 Å². The van der Waals surface area contributed by atoms with E-state index in [1.807, 2.05) is 12.1 Å². The number of hydrogen-bond acceptors (Lipinski definition) is 5. The first-order valence-electron chi connectivity index (χ1n) is 5.44. The third-order valence-electron chi connectivity index (χ3n) is 2.64. The number of nitrogens with zero attached hydrogens (tertiary/aromatic N) is 3. The number of nitriles is 1. The molecule has 0 aromatic carbocycles. The van der Waals surface area contributed by atoms with E-state index in [1.54, 1.807) is 23.6 Å². The van der Waals surface area contributed by atoms with E-state index in [-0.39, 0.29) is 0 Å². The molecular formula is C12H10N4S. The summed E-state index contributed by atoms with van der Waals surface area (Å²) >= 11 is 1.60. The lowest BCUT2D eigenvalue weighted by molar-refractivity contribution is 1.05. The van der Waals surface area contributed by atoms with Crippen LogP contribution in [0.15, 0.2) is 23.7 Å². The summed E-state index contributed by atoms with van der Waals surface area (Å²) < 4.78 is 0. The second-order valence-corrected chi connectivity index (χ2v) is 4.88. The van der Waals surface area contributed by atoms with Crippen LogP contribution in [0.2, 0.25) is 0 Å². The summed E-state index contributed by atoms with van der Waals surface area (Å²) in [6.45, 7) is 0. The Kier molecular flexibility index (Phi) is 2.50. The number of hydrogen-bond donors (Lipinski definition) is 1. The van der Waals surface area contributed by atoms with Crippen LogP contribution in [0.3, 0.4) is 0 Å². The van der Waals surface area contributed by atoms with Gasteiger partial charge in [0.2, 0.25) is 0 Å². The Balaban J connectivity index is 1.78. The lowest BCUT2D eigenvalue weighted by Gasteiger charge is -2.01. The van der Waals surface area contributed by atoms with E-state index in [4.69, 9.17) is 5.26 Å². The van der Waals surface area contributed by atoms with Gasteiger partial charge in [-0.25, -0.2) is 9.97 Å². The second kappa shape index (κ2) is 4.15. The van der Waals surface area contributed by atoms with Crippen LogP contribution in [0, 0.1) is 11.3 Å². The molecule has 0 amide bonds. The summed E-state index contributed by atoms with van der Waals surface area (Å²) in [7, 11) is 0. The molecule has 1 aliphatic rings. The van der Waals surface area contributed by atoms with Gasteiger partial charge in [0, 0.05) is 23.2 Å². The average Bonchev–Trinajstić information content (AvgIpc) is 3.11. The molecule has 3 rings (SSSR count). The Hall–Kier alpha value is -1.93. The van der Waals surface area contributed by atoms with Gasteiger partial charge in [-0.2, -0.15) is 5.26 Å². The van der Waals surface area contributed by atoms with Crippen molar-refractivity contribution in [3.63, 3.8) is 0 Å². The molecule has 1 aliphatic carbocycles. The maximum Gasteiger partial charge on any atom is 0.187 e. The van der Waals surface area contributed by atoms with Crippen molar-refractivity contribution in [1.29, 1.82) is 5.26 Å². The number of thiazole rings is 1. The van der Waals surface area contributed by atoms with Crippen LogP contribution in [0.5, 0.6) is 0 Å². The lowest BCUT2D eigenvalue weighted by Crippen LogP contribution is -1.92. The zero-order chi connectivity index (χ0) is 11.7. The number of rotatable bonds is 3. The molecule has 2 heterocycles. The van der Waals surface area contributed by atoms with Gasteiger partial charge < -0.3 is 5.32 Å². The summed E-state index contributed by atoms with van der Waals surface area (Å²) in [4.78, 5) is 8.45. The third-order valence-corrected chi connectivity index (χ3v) is 3.42. The topological polar surface area (TPSA) is 61.6 Å². The summed E-state index contributed by atoms with van der Waals surface area (Å²) in [5, 5.41) is 14.9. The molecule has 0 aliphatic heterocycles. The Morgan fingerprint density at radius 3 is 3.12 bits per heavy atom. The van der Waals surface area contributed by atoms with E-state index in [0.717, 1.165) is 10.8 Å². The van der Waals surface area contributed by atoms with E-state index in [0.29, 0.717) is 11.6 Å². The molecule has 4 nitrogen and oxygen atoms in total. The van der Waals surface area contributed by atoms with Crippen LogP contribution in [0.1, 0.15) is 30.1 Å². The third kappa shape index (κ3) is 2.27. The summed E-state index contributed by atoms with van der Waals surface area (Å²) in [5.74, 6) is 0.675. The molecule has 0 unspecified atom stereocenters. The number of aromatic nitrogens is 2. The summed E-state index contributed by atoms with van der Waals surface area (Å²) in [6.07, 6.45) is 4.14. The van der Waals surface area contributed by atoms with Gasteiger partial charge in [-0.3, -0.25) is 0 Å². The van der Waals surface area contributed by atoms with E-state index < -0.39 is 0 Å². The Morgan fingerprint density at radius 1 is 1.47 bits per heavy atom. The Bertz CT molecular complexity index is 580. The quantitative estimate of drug-likeness (QED) is 0.898. The predicted molar refractivity (Wildman–Crippen MR) is 66.3 cm³/mol. The highest BCUT2D eigenvalue weighted by atomic mass is 32.1. The van der Waals surface area contributed by atoms with Crippen molar-refractivity contribution in [2.24, 2.45) is 0 Å². The number of anilines is 2. The van der Waals surface area contributed by atoms with Crippen molar-refractivity contribution in [1.82, 2.24) is 9.97 Å². The van der Waals surface area contributed by atoms with Crippen molar-refractivity contribution in [3.8, 4) is 6.07 Å². The maximum atomic E-state index is 8.76. The monoisotopic (exact) mass is 242 g/mol. The van der Waals surface area contributed by atoms with Crippen LogP contribution in [-0.4, -0.2) is 9.97 Å². The fourth-order valence-corrected chi connectivity index (χ4v) is 2.42. The summed E-state index contributed by atoms with van der Waals surface area (Å²) in [6, 6.07) is 5.57. The number of pyridine rings is 1. The molecule has 1 saturated carbocycles. The highest BCUT2D eigenvalue weighted by Gasteiger charge is 2.25. The average molecular weight is 242 g/mol. The smallest absolute Gasteiger partial charge is 0.187 e. The molecule has 0 bridgehead atoms. The van der Waals surface area contributed by atoms with Gasteiger partial charge >= 0.3 is 0 Å². The molecule has 5 heteroatoms. The molecule has 0 atom stereocenters. The largest absolute Gasteiger partial charge is 0.331 e. The van der Waals surface area contributed by atoms with E-state index in [2.05, 4.69) is 20.7 Å². The van der Waals surface area contributed by atoms with Crippen molar-refractivity contribution in [3.05, 3.63) is 35.1 Å². The van der Waals surface area contributed by atoms with E-state index in [1.165, 1.54) is 18.5 Å². The molecule has 1 N–H and O–H groups in total. The minimum atomic E-state index is 0.411. The van der Waals surface area contributed by atoms with Crippen molar-refractivity contribution < 1.29 is 0 Å². The highest BCUT2D eigenvalue weighted by Crippen LogP contribution is 2.41. The maximum absolute atomic E-state index is 8.76. The molecule has 0 spiro atoms. The van der Waals surface area contributed by atoms with E-state index in [9.17, 15) is 0 Å². The molecule has 17 heavy (non-hydrogen) atoms. The number of nitrogens with one attached hydrogen (secondary N) is 1. The molecular weight excluding hydrogens is 232 g/mol. The first-order chi connectivity index (χ1) is 8.35. The minimum Gasteiger partial charge on any atom is -0.331 e. The first kappa shape index (κ1) is 10.2. The fourth-order valence-electron chi connectivity index (χ4n) is 1.60. The fraction of sp³-hybridized carbons (Fsp3) is 0.250. The Labute approximate surface area is 103 Å². The molecule has 1 fully saturated rings. The predicted octanol–water partition coefficient (Wildman–Crippen LogP) is 3.03. The van der Waals surface area contributed by atoms with Crippen molar-refractivity contribution in [2.75, 3.05) is 5.32 Å². The second-order valence-electron chi connectivity index (χ2n) is 4.02. The van der Waals surface area contributed by atoms with Gasteiger partial charge in [-0.1, -0.05) is 0 Å². The molecule has 2 aromatic heterocycles. The summed E-state index contributed by atoms with van der Waals surface area (Å²) in [5.41, 5.74) is 2.45. The van der Waals surface area contributed by atoms with Gasteiger partial charge in [0.25, 0.3) is 0 Å². The SMILES string of the molecule is N#Cc1cc(Nc2nc(C3CC3)cs2)ccn1. The van der Waals surface area contributed by atoms with Crippen LogP contribution in [0.25, 0.3) is 0 Å². The zero-order valence-electron chi connectivity index (χ0n) is 9.05. The molecule has 0 radical (unpaired) electrons. The highest BCUT2D eigenvalue weighted by molar-refractivity contribution is 7.13. The standard InChI is InChI=1S/C12H10N4S/c13-6-10-5-9(3-4-14-10)15-12-16-11(7-17-12)8-1-2-8/h3-5,7-8H,1-2H2,(H,14,15,16). The van der Waals surface area contributed by atoms with Crippen molar-refractivity contribution >= 4 is 22.2 Å². The van der Waals surface area contributed by atoms with Crippen LogP contribution in [-0.2, 0) is 0 Å². The molecule has 84 valence electrons. The van der Waals surface area contributed by atoms with Gasteiger partial charge in [0.1, 0.15) is 11.8 Å². The van der Waals surface area contributed by atoms with Gasteiger partial charge in [0.05, 0.1) is 5.69 Å².